The summed E-state index contributed by atoms with van der Waals surface area (Å²) in [7, 11) is 3.23. The van der Waals surface area contributed by atoms with Crippen molar-refractivity contribution in [2.45, 2.75) is 44.7 Å². The zero-order valence-corrected chi connectivity index (χ0v) is 18.8. The van der Waals surface area contributed by atoms with Gasteiger partial charge in [-0.3, -0.25) is 4.79 Å². The summed E-state index contributed by atoms with van der Waals surface area (Å²) in [6.07, 6.45) is 4.11. The molecule has 1 heterocycles. The molecular weight excluding hydrogens is 406 g/mol. The Balaban J connectivity index is 1.26. The topological polar surface area (TPSA) is 79.9 Å². The highest BCUT2D eigenvalue weighted by molar-refractivity contribution is 5.79. The monoisotopic (exact) mass is 437 g/mol. The predicted octanol–water partition coefficient (Wildman–Crippen LogP) is 3.36. The third kappa shape index (κ3) is 4.82. The van der Waals surface area contributed by atoms with E-state index in [-0.39, 0.29) is 24.4 Å². The van der Waals surface area contributed by atoms with Crippen LogP contribution >= 0.6 is 0 Å². The number of fused-ring (bicyclic) bond motifs is 2. The van der Waals surface area contributed by atoms with Gasteiger partial charge in [-0.15, -0.1) is 0 Å². The SMILES string of the molecule is COc1cc2c(cc1OC)CN(C(=O)NCCC(=O)N[C@H]1CCCc3ccccc31)CC2. The number of rotatable bonds is 6. The van der Waals surface area contributed by atoms with Crippen LogP contribution in [0.1, 0.15) is 47.6 Å². The summed E-state index contributed by atoms with van der Waals surface area (Å²) in [5.74, 6) is 1.33. The first-order valence-electron chi connectivity index (χ1n) is 11.2. The van der Waals surface area contributed by atoms with E-state index < -0.39 is 0 Å². The van der Waals surface area contributed by atoms with Gasteiger partial charge in [0, 0.05) is 26.1 Å². The second-order valence-electron chi connectivity index (χ2n) is 8.34. The highest BCUT2D eigenvalue weighted by Gasteiger charge is 2.24. The molecule has 0 saturated carbocycles. The number of aryl methyl sites for hydroxylation is 1. The van der Waals surface area contributed by atoms with Crippen molar-refractivity contribution in [1.82, 2.24) is 15.5 Å². The summed E-state index contributed by atoms with van der Waals surface area (Å²) in [5.41, 5.74) is 4.75. The third-order valence-electron chi connectivity index (χ3n) is 6.34. The molecule has 0 unspecified atom stereocenters. The molecule has 0 radical (unpaired) electrons. The second kappa shape index (κ2) is 9.94. The Morgan fingerprint density at radius 2 is 1.78 bits per heavy atom. The van der Waals surface area contributed by atoms with Crippen LogP contribution in [0.4, 0.5) is 4.79 Å². The molecule has 0 spiro atoms. The van der Waals surface area contributed by atoms with E-state index in [9.17, 15) is 9.59 Å². The average Bonchev–Trinajstić information content (AvgIpc) is 2.82. The van der Waals surface area contributed by atoms with Gasteiger partial charge in [-0.2, -0.15) is 0 Å². The van der Waals surface area contributed by atoms with Gasteiger partial charge in [0.1, 0.15) is 0 Å². The van der Waals surface area contributed by atoms with Crippen LogP contribution in [0.2, 0.25) is 0 Å². The van der Waals surface area contributed by atoms with Gasteiger partial charge in [0.05, 0.1) is 20.3 Å². The molecule has 0 fully saturated rings. The van der Waals surface area contributed by atoms with E-state index in [4.69, 9.17) is 9.47 Å². The summed E-state index contributed by atoms with van der Waals surface area (Å²) in [5, 5.41) is 6.03. The van der Waals surface area contributed by atoms with Crippen LogP contribution in [-0.2, 0) is 24.2 Å². The van der Waals surface area contributed by atoms with Crippen LogP contribution in [-0.4, -0.2) is 44.1 Å². The molecule has 1 aliphatic heterocycles. The molecule has 2 aromatic rings. The number of benzene rings is 2. The molecule has 0 bridgehead atoms. The fraction of sp³-hybridized carbons (Fsp3) is 0.440. The van der Waals surface area contributed by atoms with Gasteiger partial charge >= 0.3 is 6.03 Å². The fourth-order valence-corrected chi connectivity index (χ4v) is 4.62. The van der Waals surface area contributed by atoms with Gasteiger partial charge in [0.15, 0.2) is 11.5 Å². The number of urea groups is 1. The molecule has 2 aliphatic rings. The average molecular weight is 438 g/mol. The number of ether oxygens (including phenoxy) is 2. The predicted molar refractivity (Wildman–Crippen MR) is 122 cm³/mol. The van der Waals surface area contributed by atoms with Gasteiger partial charge in [-0.1, -0.05) is 24.3 Å². The van der Waals surface area contributed by atoms with Crippen LogP contribution in [0.5, 0.6) is 11.5 Å². The summed E-state index contributed by atoms with van der Waals surface area (Å²) >= 11 is 0. The lowest BCUT2D eigenvalue weighted by Gasteiger charge is -2.30. The van der Waals surface area contributed by atoms with Crippen molar-refractivity contribution < 1.29 is 19.1 Å². The van der Waals surface area contributed by atoms with E-state index in [0.717, 1.165) is 31.2 Å². The smallest absolute Gasteiger partial charge is 0.317 e. The lowest BCUT2D eigenvalue weighted by atomic mass is 9.88. The lowest BCUT2D eigenvalue weighted by molar-refractivity contribution is -0.121. The van der Waals surface area contributed by atoms with Gasteiger partial charge in [0.25, 0.3) is 0 Å². The largest absolute Gasteiger partial charge is 0.493 e. The van der Waals surface area contributed by atoms with Crippen LogP contribution in [0.15, 0.2) is 36.4 Å². The maximum atomic E-state index is 12.6. The molecule has 7 nitrogen and oxygen atoms in total. The van der Waals surface area contributed by atoms with Crippen LogP contribution in [0.25, 0.3) is 0 Å². The third-order valence-corrected chi connectivity index (χ3v) is 6.34. The minimum Gasteiger partial charge on any atom is -0.493 e. The van der Waals surface area contributed by atoms with E-state index in [1.54, 1.807) is 19.1 Å². The Morgan fingerprint density at radius 3 is 2.56 bits per heavy atom. The van der Waals surface area contributed by atoms with Crippen LogP contribution in [0, 0.1) is 0 Å². The van der Waals surface area contributed by atoms with E-state index in [1.807, 2.05) is 24.3 Å². The molecular formula is C25H31N3O4. The van der Waals surface area contributed by atoms with Crippen molar-refractivity contribution in [3.63, 3.8) is 0 Å². The minimum absolute atomic E-state index is 0.0344. The zero-order valence-electron chi connectivity index (χ0n) is 18.8. The first-order valence-corrected chi connectivity index (χ1v) is 11.2. The lowest BCUT2D eigenvalue weighted by Crippen LogP contribution is -2.44. The second-order valence-corrected chi connectivity index (χ2v) is 8.34. The zero-order chi connectivity index (χ0) is 22.5. The van der Waals surface area contributed by atoms with E-state index >= 15 is 0 Å². The molecule has 32 heavy (non-hydrogen) atoms. The summed E-state index contributed by atoms with van der Waals surface area (Å²) in [6, 6.07) is 12.1. The van der Waals surface area contributed by atoms with E-state index in [2.05, 4.69) is 22.8 Å². The Morgan fingerprint density at radius 1 is 1.03 bits per heavy atom. The molecule has 0 aromatic heterocycles. The number of carbonyl (C=O) groups is 2. The number of hydrogen-bond acceptors (Lipinski definition) is 4. The van der Waals surface area contributed by atoms with E-state index in [0.29, 0.717) is 31.1 Å². The minimum atomic E-state index is -0.152. The number of nitrogens with one attached hydrogen (secondary N) is 2. The Kier molecular flexibility index (Phi) is 6.83. The fourth-order valence-electron chi connectivity index (χ4n) is 4.62. The highest BCUT2D eigenvalue weighted by atomic mass is 16.5. The Bertz CT molecular complexity index is 991. The van der Waals surface area contributed by atoms with Crippen molar-refractivity contribution in [3.05, 3.63) is 58.7 Å². The number of amides is 3. The van der Waals surface area contributed by atoms with Crippen LogP contribution < -0.4 is 20.1 Å². The number of nitrogens with zero attached hydrogens (tertiary/aromatic N) is 1. The van der Waals surface area contributed by atoms with Crippen LogP contribution in [0.3, 0.4) is 0 Å². The van der Waals surface area contributed by atoms with Crippen molar-refractivity contribution in [1.29, 1.82) is 0 Å². The van der Waals surface area contributed by atoms with Gasteiger partial charge < -0.3 is 25.0 Å². The summed E-state index contributed by atoms with van der Waals surface area (Å²) in [6.45, 7) is 1.44. The standard InChI is InChI=1S/C25H31N3O4/c1-31-22-14-18-11-13-28(16-19(18)15-23(22)32-2)25(30)26-12-10-24(29)27-21-9-5-7-17-6-3-4-8-20(17)21/h3-4,6,8,14-15,21H,5,7,9-13,16H2,1-2H3,(H,26,30)(H,27,29)/t21-/m0/s1. The molecule has 0 saturated heterocycles. The molecule has 1 atom stereocenters. The van der Waals surface area contributed by atoms with Gasteiger partial charge in [0.2, 0.25) is 5.91 Å². The molecule has 7 heteroatoms. The van der Waals surface area contributed by atoms with Gasteiger partial charge in [-0.25, -0.2) is 4.79 Å². The maximum Gasteiger partial charge on any atom is 0.317 e. The van der Waals surface area contributed by atoms with Gasteiger partial charge in [-0.05, 0) is 60.1 Å². The molecule has 170 valence electrons. The number of methoxy groups -OCH3 is 2. The molecule has 4 rings (SSSR count). The Labute approximate surface area is 189 Å². The molecule has 2 aromatic carbocycles. The summed E-state index contributed by atoms with van der Waals surface area (Å²) in [4.78, 5) is 26.9. The van der Waals surface area contributed by atoms with Crippen molar-refractivity contribution in [3.8, 4) is 11.5 Å². The Hall–Kier alpha value is -3.22. The molecule has 1 aliphatic carbocycles. The normalized spacial score (nSPS) is 17.1. The van der Waals surface area contributed by atoms with Crippen molar-refractivity contribution in [2.24, 2.45) is 0 Å². The number of hydrogen-bond donors (Lipinski definition) is 2. The van der Waals surface area contributed by atoms with Crippen molar-refractivity contribution in [2.75, 3.05) is 27.3 Å². The van der Waals surface area contributed by atoms with Crippen molar-refractivity contribution >= 4 is 11.9 Å². The first-order chi connectivity index (χ1) is 15.6. The number of carbonyl (C=O) groups excluding carboxylic acids is 2. The quantitative estimate of drug-likeness (QED) is 0.726. The first kappa shape index (κ1) is 22.0. The molecule has 2 N–H and O–H groups in total. The highest BCUT2D eigenvalue weighted by Crippen LogP contribution is 2.33. The molecule has 3 amide bonds. The maximum absolute atomic E-state index is 12.6. The summed E-state index contributed by atoms with van der Waals surface area (Å²) < 4.78 is 10.8. The van der Waals surface area contributed by atoms with E-state index in [1.165, 1.54) is 16.7 Å².